The Kier molecular flexibility index (Phi) is 5.71. The van der Waals surface area contributed by atoms with E-state index in [1.165, 1.54) is 12.1 Å². The van der Waals surface area contributed by atoms with Gasteiger partial charge in [0.15, 0.2) is 0 Å². The number of nitrogen functional groups attached to an aromatic ring is 1. The van der Waals surface area contributed by atoms with Crippen molar-refractivity contribution >= 4 is 15.7 Å². The van der Waals surface area contributed by atoms with Crippen LogP contribution in [0, 0.1) is 5.82 Å². The molecule has 1 rings (SSSR count). The number of benzene rings is 1. The van der Waals surface area contributed by atoms with E-state index in [1.807, 2.05) is 6.92 Å². The summed E-state index contributed by atoms with van der Waals surface area (Å²) in [5, 5.41) is 0. The van der Waals surface area contributed by atoms with Crippen LogP contribution < -0.4 is 5.73 Å². The van der Waals surface area contributed by atoms with Gasteiger partial charge in [0.2, 0.25) is 10.0 Å². The summed E-state index contributed by atoms with van der Waals surface area (Å²) >= 11 is 0. The van der Waals surface area contributed by atoms with E-state index in [0.29, 0.717) is 6.61 Å². The van der Waals surface area contributed by atoms with Gasteiger partial charge in [0.05, 0.1) is 12.3 Å². The summed E-state index contributed by atoms with van der Waals surface area (Å²) in [6.07, 6.45) is 0. The first-order valence-corrected chi connectivity index (χ1v) is 7.51. The van der Waals surface area contributed by atoms with E-state index in [2.05, 4.69) is 0 Å². The predicted octanol–water partition coefficient (Wildman–Crippen LogP) is 1.45. The van der Waals surface area contributed by atoms with Gasteiger partial charge in [0, 0.05) is 19.7 Å². The predicted molar refractivity (Wildman–Crippen MR) is 71.7 cm³/mol. The molecule has 0 heterocycles. The van der Waals surface area contributed by atoms with E-state index in [-0.39, 0.29) is 25.4 Å². The smallest absolute Gasteiger partial charge is 0.248 e. The average Bonchev–Trinajstić information content (AvgIpc) is 2.34. The summed E-state index contributed by atoms with van der Waals surface area (Å²) in [5.74, 6) is -0.838. The molecule has 2 N–H and O–H groups in total. The van der Waals surface area contributed by atoms with E-state index in [0.717, 1.165) is 10.4 Å². The van der Waals surface area contributed by atoms with Gasteiger partial charge in [-0.15, -0.1) is 0 Å². The molecule has 0 aliphatic heterocycles. The van der Waals surface area contributed by atoms with Gasteiger partial charge in [-0.25, -0.2) is 12.8 Å². The monoisotopic (exact) mass is 290 g/mol. The number of halogens is 1. The van der Waals surface area contributed by atoms with E-state index in [4.69, 9.17) is 10.5 Å². The van der Waals surface area contributed by atoms with Crippen molar-refractivity contribution in [3.63, 3.8) is 0 Å². The molecule has 0 radical (unpaired) electrons. The van der Waals surface area contributed by atoms with Crippen molar-refractivity contribution in [3.8, 4) is 0 Å². The molecule has 0 amide bonds. The SMILES string of the molecule is CCOCCN(CC)S(=O)(=O)c1c(N)cccc1F. The number of anilines is 1. The Morgan fingerprint density at radius 3 is 2.58 bits per heavy atom. The molecular weight excluding hydrogens is 271 g/mol. The van der Waals surface area contributed by atoms with E-state index in [9.17, 15) is 12.8 Å². The molecule has 108 valence electrons. The second-order valence-electron chi connectivity index (χ2n) is 3.85. The largest absolute Gasteiger partial charge is 0.398 e. The third kappa shape index (κ3) is 3.65. The van der Waals surface area contributed by atoms with E-state index < -0.39 is 20.7 Å². The van der Waals surface area contributed by atoms with Crippen LogP contribution in [0.5, 0.6) is 0 Å². The highest BCUT2D eigenvalue weighted by Crippen LogP contribution is 2.25. The maximum Gasteiger partial charge on any atom is 0.248 e. The zero-order valence-corrected chi connectivity index (χ0v) is 11.9. The summed E-state index contributed by atoms with van der Waals surface area (Å²) in [6, 6.07) is 3.83. The van der Waals surface area contributed by atoms with Crippen LogP contribution in [0.1, 0.15) is 13.8 Å². The Bertz CT molecular complexity index is 499. The number of nitrogens with two attached hydrogens (primary N) is 1. The standard InChI is InChI=1S/C12H19FN2O3S/c1-3-15(8-9-18-4-2)19(16,17)12-10(13)6-5-7-11(12)14/h5-7H,3-4,8-9,14H2,1-2H3. The normalized spacial score (nSPS) is 12.0. The Hall–Kier alpha value is -1.18. The van der Waals surface area contributed by atoms with Crippen LogP contribution in [0.3, 0.4) is 0 Å². The number of sulfonamides is 1. The lowest BCUT2D eigenvalue weighted by atomic mass is 10.3. The Labute approximate surface area is 113 Å². The molecule has 0 saturated carbocycles. The second-order valence-corrected chi connectivity index (χ2v) is 5.73. The number of nitrogens with zero attached hydrogens (tertiary/aromatic N) is 1. The average molecular weight is 290 g/mol. The molecule has 0 fully saturated rings. The minimum absolute atomic E-state index is 0.0881. The Morgan fingerprint density at radius 2 is 2.05 bits per heavy atom. The van der Waals surface area contributed by atoms with Crippen molar-refractivity contribution in [2.24, 2.45) is 0 Å². The van der Waals surface area contributed by atoms with Gasteiger partial charge >= 0.3 is 0 Å². The van der Waals surface area contributed by atoms with Crippen LogP contribution in [0.4, 0.5) is 10.1 Å². The summed E-state index contributed by atoms with van der Waals surface area (Å²) in [7, 11) is -3.94. The van der Waals surface area contributed by atoms with Gasteiger partial charge in [-0.1, -0.05) is 13.0 Å². The van der Waals surface area contributed by atoms with Crippen molar-refractivity contribution in [1.82, 2.24) is 4.31 Å². The van der Waals surface area contributed by atoms with Crippen molar-refractivity contribution in [2.45, 2.75) is 18.7 Å². The molecule has 1 aromatic rings. The van der Waals surface area contributed by atoms with E-state index in [1.54, 1.807) is 6.92 Å². The molecule has 19 heavy (non-hydrogen) atoms. The molecule has 0 aliphatic carbocycles. The van der Waals surface area contributed by atoms with Gasteiger partial charge in [-0.2, -0.15) is 4.31 Å². The molecule has 0 atom stereocenters. The summed E-state index contributed by atoms with van der Waals surface area (Å²) in [4.78, 5) is -0.464. The lowest BCUT2D eigenvalue weighted by Gasteiger charge is -2.21. The third-order valence-electron chi connectivity index (χ3n) is 2.64. The number of likely N-dealkylation sites (N-methyl/N-ethyl adjacent to an activating group) is 1. The van der Waals surface area contributed by atoms with E-state index >= 15 is 0 Å². The van der Waals surface area contributed by atoms with Gasteiger partial charge in [-0.3, -0.25) is 0 Å². The number of hydrogen-bond donors (Lipinski definition) is 1. The molecule has 7 heteroatoms. The zero-order valence-electron chi connectivity index (χ0n) is 11.1. The van der Waals surface area contributed by atoms with Gasteiger partial charge in [0.1, 0.15) is 10.7 Å². The van der Waals surface area contributed by atoms with Crippen molar-refractivity contribution in [3.05, 3.63) is 24.0 Å². The first-order valence-electron chi connectivity index (χ1n) is 6.07. The molecule has 0 spiro atoms. The highest BCUT2D eigenvalue weighted by Gasteiger charge is 2.28. The van der Waals surface area contributed by atoms with Crippen LogP contribution in [0.2, 0.25) is 0 Å². The first-order chi connectivity index (χ1) is 8.95. The third-order valence-corrected chi connectivity index (χ3v) is 4.70. The summed E-state index contributed by atoms with van der Waals surface area (Å²) < 4.78 is 44.7. The van der Waals surface area contributed by atoms with Crippen LogP contribution in [0.15, 0.2) is 23.1 Å². The Balaban J connectivity index is 3.07. The van der Waals surface area contributed by atoms with Crippen LogP contribution in [0.25, 0.3) is 0 Å². The maximum atomic E-state index is 13.7. The Morgan fingerprint density at radius 1 is 1.37 bits per heavy atom. The molecule has 0 aromatic heterocycles. The highest BCUT2D eigenvalue weighted by molar-refractivity contribution is 7.89. The van der Waals surface area contributed by atoms with Crippen LogP contribution in [-0.2, 0) is 14.8 Å². The topological polar surface area (TPSA) is 72.6 Å². The highest BCUT2D eigenvalue weighted by atomic mass is 32.2. The lowest BCUT2D eigenvalue weighted by Crippen LogP contribution is -2.34. The number of ether oxygens (including phenoxy) is 1. The van der Waals surface area contributed by atoms with Gasteiger partial charge < -0.3 is 10.5 Å². The van der Waals surface area contributed by atoms with Crippen molar-refractivity contribution < 1.29 is 17.5 Å². The summed E-state index contributed by atoms with van der Waals surface area (Å²) in [6.45, 7) is 4.65. The fourth-order valence-corrected chi connectivity index (χ4v) is 3.28. The molecule has 0 unspecified atom stereocenters. The van der Waals surface area contributed by atoms with Gasteiger partial charge in [0.25, 0.3) is 0 Å². The van der Waals surface area contributed by atoms with Crippen molar-refractivity contribution in [1.29, 1.82) is 0 Å². The quantitative estimate of drug-likeness (QED) is 0.609. The van der Waals surface area contributed by atoms with Gasteiger partial charge in [-0.05, 0) is 19.1 Å². The van der Waals surface area contributed by atoms with Crippen LogP contribution in [-0.4, -0.2) is 39.0 Å². The number of hydrogen-bond acceptors (Lipinski definition) is 4. The molecule has 0 saturated heterocycles. The molecular formula is C12H19FN2O3S. The molecule has 5 nitrogen and oxygen atoms in total. The molecule has 0 bridgehead atoms. The number of rotatable bonds is 7. The fraction of sp³-hybridized carbons (Fsp3) is 0.500. The fourth-order valence-electron chi connectivity index (χ4n) is 1.69. The van der Waals surface area contributed by atoms with Crippen molar-refractivity contribution in [2.75, 3.05) is 32.0 Å². The molecule has 1 aromatic carbocycles. The zero-order chi connectivity index (χ0) is 14.5. The van der Waals surface area contributed by atoms with Crippen LogP contribution >= 0.6 is 0 Å². The lowest BCUT2D eigenvalue weighted by molar-refractivity contribution is 0.135. The minimum Gasteiger partial charge on any atom is -0.398 e. The molecule has 0 aliphatic rings. The maximum absolute atomic E-state index is 13.7. The minimum atomic E-state index is -3.94. The second kappa shape index (κ2) is 6.83. The summed E-state index contributed by atoms with van der Waals surface area (Å²) in [5.41, 5.74) is 5.49. The first kappa shape index (κ1) is 15.9.